The van der Waals surface area contributed by atoms with Gasteiger partial charge in [-0.25, -0.2) is 0 Å². The lowest BCUT2D eigenvalue weighted by atomic mass is 9.83. The smallest absolute Gasteiger partial charge is 0.0938 e. The Balaban J connectivity index is 1.89. The van der Waals surface area contributed by atoms with Crippen LogP contribution < -0.4 is 10.6 Å². The highest BCUT2D eigenvalue weighted by molar-refractivity contribution is 5.81. The zero-order valence-corrected chi connectivity index (χ0v) is 8.51. The predicted molar refractivity (Wildman–Crippen MR) is 55.1 cm³/mol. The molecule has 1 saturated carbocycles. The van der Waals surface area contributed by atoms with Crippen LogP contribution in [0.25, 0.3) is 0 Å². The van der Waals surface area contributed by atoms with Crippen LogP contribution in [-0.4, -0.2) is 31.5 Å². The third-order valence-corrected chi connectivity index (χ3v) is 3.17. The maximum absolute atomic E-state index is 4.59. The maximum Gasteiger partial charge on any atom is 0.0938 e. The first kappa shape index (κ1) is 9.00. The number of nitrogens with zero attached hydrogens (tertiary/aromatic N) is 1. The molecule has 3 heteroatoms. The standard InChI is InChI=1S/C10H19N3/c1-7-12-9-4-3-8(6-11-2)5-10(9)13-7/h8-11H,3-6H2,1-2H3,(H,12,13). The second kappa shape index (κ2) is 3.66. The molecule has 1 fully saturated rings. The van der Waals surface area contributed by atoms with E-state index in [1.165, 1.54) is 19.3 Å². The third-order valence-electron chi connectivity index (χ3n) is 3.17. The summed E-state index contributed by atoms with van der Waals surface area (Å²) in [6, 6.07) is 1.21. The van der Waals surface area contributed by atoms with E-state index in [-0.39, 0.29) is 0 Å². The minimum atomic E-state index is 0.577. The summed E-state index contributed by atoms with van der Waals surface area (Å²) in [6.07, 6.45) is 3.88. The van der Waals surface area contributed by atoms with Crippen molar-refractivity contribution in [3.63, 3.8) is 0 Å². The molecule has 0 aromatic heterocycles. The van der Waals surface area contributed by atoms with E-state index in [0.29, 0.717) is 12.1 Å². The van der Waals surface area contributed by atoms with Crippen LogP contribution in [-0.2, 0) is 0 Å². The zero-order chi connectivity index (χ0) is 9.26. The fourth-order valence-electron chi connectivity index (χ4n) is 2.58. The maximum atomic E-state index is 4.59. The van der Waals surface area contributed by atoms with Gasteiger partial charge in [-0.05, 0) is 45.7 Å². The van der Waals surface area contributed by atoms with Gasteiger partial charge in [0, 0.05) is 6.04 Å². The minimum absolute atomic E-state index is 0.577. The predicted octanol–water partition coefficient (Wildman–Crippen LogP) is 0.765. The van der Waals surface area contributed by atoms with Gasteiger partial charge in [0.25, 0.3) is 0 Å². The number of aliphatic imine (C=N–C) groups is 1. The molecule has 3 nitrogen and oxygen atoms in total. The molecule has 74 valence electrons. The Labute approximate surface area is 80.0 Å². The van der Waals surface area contributed by atoms with Crippen molar-refractivity contribution in [2.45, 2.75) is 38.3 Å². The monoisotopic (exact) mass is 181 g/mol. The van der Waals surface area contributed by atoms with Gasteiger partial charge in [0.05, 0.1) is 11.9 Å². The van der Waals surface area contributed by atoms with Crippen LogP contribution >= 0.6 is 0 Å². The van der Waals surface area contributed by atoms with Crippen molar-refractivity contribution >= 4 is 5.84 Å². The first-order chi connectivity index (χ1) is 6.29. The Bertz CT molecular complexity index is 212. The molecule has 0 aromatic carbocycles. The van der Waals surface area contributed by atoms with Crippen LogP contribution in [0.4, 0.5) is 0 Å². The lowest BCUT2D eigenvalue weighted by Crippen LogP contribution is -2.41. The van der Waals surface area contributed by atoms with E-state index in [4.69, 9.17) is 0 Å². The zero-order valence-electron chi connectivity index (χ0n) is 8.51. The van der Waals surface area contributed by atoms with Crippen LogP contribution in [0.2, 0.25) is 0 Å². The average molecular weight is 181 g/mol. The van der Waals surface area contributed by atoms with Gasteiger partial charge in [-0.1, -0.05) is 0 Å². The van der Waals surface area contributed by atoms with E-state index in [1.807, 2.05) is 7.05 Å². The lowest BCUT2D eigenvalue weighted by Gasteiger charge is -2.30. The van der Waals surface area contributed by atoms with E-state index < -0.39 is 0 Å². The fourth-order valence-corrected chi connectivity index (χ4v) is 2.58. The molecule has 0 amide bonds. The largest absolute Gasteiger partial charge is 0.369 e. The number of hydrogen-bond acceptors (Lipinski definition) is 3. The summed E-state index contributed by atoms with van der Waals surface area (Å²) in [5, 5.41) is 6.73. The van der Waals surface area contributed by atoms with Gasteiger partial charge in [-0.15, -0.1) is 0 Å². The normalized spacial score (nSPS) is 38.0. The van der Waals surface area contributed by atoms with Gasteiger partial charge in [-0.2, -0.15) is 0 Å². The summed E-state index contributed by atoms with van der Waals surface area (Å²) in [5.41, 5.74) is 0. The Hall–Kier alpha value is -0.570. The third kappa shape index (κ3) is 1.85. The Morgan fingerprint density at radius 1 is 1.54 bits per heavy atom. The van der Waals surface area contributed by atoms with Crippen molar-refractivity contribution in [3.05, 3.63) is 0 Å². The van der Waals surface area contributed by atoms with Gasteiger partial charge in [0.2, 0.25) is 0 Å². The minimum Gasteiger partial charge on any atom is -0.369 e. The summed E-state index contributed by atoms with van der Waals surface area (Å²) in [4.78, 5) is 4.59. The lowest BCUT2D eigenvalue weighted by molar-refractivity contribution is 0.284. The highest BCUT2D eigenvalue weighted by atomic mass is 15.1. The number of nitrogens with one attached hydrogen (secondary N) is 2. The number of hydrogen-bond donors (Lipinski definition) is 2. The molecule has 0 radical (unpaired) electrons. The highest BCUT2D eigenvalue weighted by Gasteiger charge is 2.33. The van der Waals surface area contributed by atoms with Crippen molar-refractivity contribution in [2.75, 3.05) is 13.6 Å². The van der Waals surface area contributed by atoms with E-state index >= 15 is 0 Å². The van der Waals surface area contributed by atoms with Crippen LogP contribution in [0.1, 0.15) is 26.2 Å². The molecule has 3 unspecified atom stereocenters. The molecule has 13 heavy (non-hydrogen) atoms. The fraction of sp³-hybridized carbons (Fsp3) is 0.900. The molecule has 1 heterocycles. The molecule has 0 saturated heterocycles. The van der Waals surface area contributed by atoms with Crippen molar-refractivity contribution in [2.24, 2.45) is 10.9 Å². The summed E-state index contributed by atoms with van der Waals surface area (Å²) >= 11 is 0. The summed E-state index contributed by atoms with van der Waals surface area (Å²) in [7, 11) is 2.04. The summed E-state index contributed by atoms with van der Waals surface area (Å²) < 4.78 is 0. The van der Waals surface area contributed by atoms with Gasteiger partial charge in [0.15, 0.2) is 0 Å². The summed E-state index contributed by atoms with van der Waals surface area (Å²) in [6.45, 7) is 3.23. The van der Waals surface area contributed by atoms with E-state index in [2.05, 4.69) is 22.5 Å². The topological polar surface area (TPSA) is 36.4 Å². The van der Waals surface area contributed by atoms with E-state index in [1.54, 1.807) is 0 Å². The van der Waals surface area contributed by atoms with Gasteiger partial charge in [-0.3, -0.25) is 4.99 Å². The van der Waals surface area contributed by atoms with Crippen molar-refractivity contribution in [3.8, 4) is 0 Å². The second-order valence-electron chi connectivity index (χ2n) is 4.27. The van der Waals surface area contributed by atoms with Gasteiger partial charge in [0.1, 0.15) is 0 Å². The molecule has 1 aliphatic heterocycles. The van der Waals surface area contributed by atoms with Crippen LogP contribution in [0, 0.1) is 5.92 Å². The molecular weight excluding hydrogens is 162 g/mol. The molecule has 2 N–H and O–H groups in total. The van der Waals surface area contributed by atoms with Crippen molar-refractivity contribution in [1.82, 2.24) is 10.6 Å². The first-order valence-electron chi connectivity index (χ1n) is 5.25. The van der Waals surface area contributed by atoms with Crippen molar-refractivity contribution in [1.29, 1.82) is 0 Å². The SMILES string of the molecule is CNCC1CCC2N=C(C)NC2C1. The molecule has 1 aliphatic carbocycles. The number of rotatable bonds is 2. The Morgan fingerprint density at radius 3 is 3.15 bits per heavy atom. The highest BCUT2D eigenvalue weighted by Crippen LogP contribution is 2.28. The average Bonchev–Trinajstić information content (AvgIpc) is 2.44. The van der Waals surface area contributed by atoms with Crippen molar-refractivity contribution < 1.29 is 0 Å². The van der Waals surface area contributed by atoms with Crippen LogP contribution in [0.15, 0.2) is 4.99 Å². The Kier molecular flexibility index (Phi) is 2.54. The second-order valence-corrected chi connectivity index (χ2v) is 4.27. The molecule has 0 spiro atoms. The molecule has 2 aliphatic rings. The molecule has 2 rings (SSSR count). The number of fused-ring (bicyclic) bond motifs is 1. The summed E-state index contributed by atoms with van der Waals surface area (Å²) in [5.74, 6) is 1.99. The van der Waals surface area contributed by atoms with E-state index in [9.17, 15) is 0 Å². The van der Waals surface area contributed by atoms with Gasteiger partial charge < -0.3 is 10.6 Å². The molecule has 0 bridgehead atoms. The quantitative estimate of drug-likeness (QED) is 0.660. The number of amidine groups is 1. The Morgan fingerprint density at radius 2 is 2.38 bits per heavy atom. The first-order valence-corrected chi connectivity index (χ1v) is 5.25. The molecule has 0 aromatic rings. The molecular formula is C10H19N3. The van der Waals surface area contributed by atoms with Gasteiger partial charge >= 0.3 is 0 Å². The molecule has 3 atom stereocenters. The van der Waals surface area contributed by atoms with Crippen LogP contribution in [0.3, 0.4) is 0 Å². The van der Waals surface area contributed by atoms with Crippen LogP contribution in [0.5, 0.6) is 0 Å². The van der Waals surface area contributed by atoms with E-state index in [0.717, 1.165) is 18.3 Å².